The molecule has 0 aliphatic rings. The minimum Gasteiger partial charge on any atom is -0.456 e. The van der Waals surface area contributed by atoms with Gasteiger partial charge in [0.1, 0.15) is 11.2 Å². The number of rotatable bonds is 3. The second kappa shape index (κ2) is 8.72. The fraction of sp³-hybridized carbons (Fsp3) is 0. The summed E-state index contributed by atoms with van der Waals surface area (Å²) in [7, 11) is 0. The molecular formula is C38H24O. The lowest BCUT2D eigenvalue weighted by Gasteiger charge is -2.18. The van der Waals surface area contributed by atoms with Gasteiger partial charge < -0.3 is 4.42 Å². The van der Waals surface area contributed by atoms with Crippen LogP contribution in [0.15, 0.2) is 150 Å². The molecule has 1 aromatic heterocycles. The van der Waals surface area contributed by atoms with Crippen LogP contribution >= 0.6 is 0 Å². The molecule has 0 amide bonds. The maximum atomic E-state index is 9.24. The van der Waals surface area contributed by atoms with Crippen molar-refractivity contribution in [2.45, 2.75) is 0 Å². The molecule has 0 radical (unpaired) electrons. The molecule has 0 bridgehead atoms. The van der Waals surface area contributed by atoms with E-state index in [0.29, 0.717) is 11.6 Å². The zero-order valence-electron chi connectivity index (χ0n) is 28.6. The van der Waals surface area contributed by atoms with Crippen LogP contribution in [-0.2, 0) is 0 Å². The molecule has 0 atom stereocenters. The van der Waals surface area contributed by atoms with Crippen LogP contribution in [0.5, 0.6) is 0 Å². The monoisotopic (exact) mass is 504 g/mol. The van der Waals surface area contributed by atoms with Gasteiger partial charge in [0.25, 0.3) is 0 Å². The molecule has 0 aliphatic heterocycles. The molecule has 1 nitrogen and oxygen atoms in total. The van der Waals surface area contributed by atoms with Gasteiger partial charge in [-0.05, 0) is 73.1 Å². The van der Waals surface area contributed by atoms with Crippen molar-refractivity contribution in [1.82, 2.24) is 0 Å². The number of fused-ring (bicyclic) bond motifs is 5. The van der Waals surface area contributed by atoms with Gasteiger partial charge in [0.15, 0.2) is 0 Å². The molecule has 0 saturated heterocycles. The van der Waals surface area contributed by atoms with Gasteiger partial charge in [-0.15, -0.1) is 0 Å². The molecule has 0 unspecified atom stereocenters. The Balaban J connectivity index is 1.57. The Bertz CT molecular complexity index is 2550. The van der Waals surface area contributed by atoms with E-state index in [2.05, 4.69) is 6.07 Å². The Morgan fingerprint density at radius 1 is 0.436 bits per heavy atom. The van der Waals surface area contributed by atoms with E-state index in [1.54, 1.807) is 0 Å². The molecule has 0 aliphatic carbocycles. The summed E-state index contributed by atoms with van der Waals surface area (Å²) < 4.78 is 75.4. The van der Waals surface area contributed by atoms with Crippen LogP contribution in [0.25, 0.3) is 76.9 Å². The Labute approximate surface area is 237 Å². The highest BCUT2D eigenvalue weighted by Crippen LogP contribution is 2.47. The summed E-state index contributed by atoms with van der Waals surface area (Å²) in [5.41, 5.74) is 4.33. The zero-order valence-corrected chi connectivity index (χ0v) is 20.6. The maximum absolute atomic E-state index is 9.24. The first kappa shape index (κ1) is 15.3. The van der Waals surface area contributed by atoms with E-state index >= 15 is 0 Å². The lowest BCUT2D eigenvalue weighted by Crippen LogP contribution is -1.91. The molecule has 0 N–H and O–H groups in total. The van der Waals surface area contributed by atoms with Crippen molar-refractivity contribution in [3.8, 4) is 33.4 Å². The summed E-state index contributed by atoms with van der Waals surface area (Å²) in [6, 6.07) is 28.9. The van der Waals surface area contributed by atoms with Crippen molar-refractivity contribution in [3.05, 3.63) is 145 Å². The number of benzene rings is 7. The van der Waals surface area contributed by atoms with E-state index in [4.69, 9.17) is 14.0 Å². The average Bonchev–Trinajstić information content (AvgIpc) is 3.49. The third-order valence-electron chi connectivity index (χ3n) is 7.31. The Morgan fingerprint density at radius 2 is 1.05 bits per heavy atom. The fourth-order valence-electron chi connectivity index (χ4n) is 5.67. The molecule has 1 heteroatoms. The average molecular weight is 505 g/mol. The molecule has 0 spiro atoms. The van der Waals surface area contributed by atoms with E-state index < -0.39 is 12.1 Å². The maximum Gasteiger partial charge on any atom is 0.136 e. The highest BCUT2D eigenvalue weighted by atomic mass is 16.3. The zero-order chi connectivity index (χ0) is 32.7. The van der Waals surface area contributed by atoms with Crippen molar-refractivity contribution >= 4 is 43.5 Å². The van der Waals surface area contributed by atoms with Gasteiger partial charge in [-0.25, -0.2) is 0 Å². The molecule has 0 saturated carbocycles. The van der Waals surface area contributed by atoms with E-state index in [1.807, 2.05) is 91.0 Å². The normalized spacial score (nSPS) is 14.5. The standard InChI is InChI=1S/C38H24O/c1-2-12-25(13-3-1)26-14-10-15-27(24-26)36-28-16-4-6-18-30(28)37(31-19-7-5-17-29(31)36)33-21-11-23-35-38(33)32-20-8-9-22-34(32)39-35/h1-24H/i8D,9D,10D,11D,20D,21D,22D,23D. The highest BCUT2D eigenvalue weighted by Gasteiger charge is 2.20. The van der Waals surface area contributed by atoms with Gasteiger partial charge in [-0.3, -0.25) is 0 Å². The van der Waals surface area contributed by atoms with Crippen LogP contribution < -0.4 is 0 Å². The largest absolute Gasteiger partial charge is 0.456 e. The third-order valence-corrected chi connectivity index (χ3v) is 7.31. The van der Waals surface area contributed by atoms with Gasteiger partial charge in [-0.2, -0.15) is 0 Å². The number of hydrogen-bond acceptors (Lipinski definition) is 1. The number of furan rings is 1. The molecule has 1 heterocycles. The lowest BCUT2D eigenvalue weighted by molar-refractivity contribution is 0.669. The van der Waals surface area contributed by atoms with Gasteiger partial charge in [0.05, 0.1) is 11.0 Å². The van der Waals surface area contributed by atoms with Crippen molar-refractivity contribution in [3.63, 3.8) is 0 Å². The molecule has 0 fully saturated rings. The molecule has 8 rings (SSSR count). The van der Waals surface area contributed by atoms with Gasteiger partial charge >= 0.3 is 0 Å². The summed E-state index contributed by atoms with van der Waals surface area (Å²) in [6.07, 6.45) is 0. The van der Waals surface area contributed by atoms with E-state index in [-0.39, 0.29) is 57.7 Å². The SMILES string of the molecule is [2H]c1cc(-c2ccccc2)cc(-c2c3ccccc3c(-c3c([2H])c([2H])c([2H])c4oc5c([2H])c([2H])c([2H])c([2H])c5c34)c3ccccc23)c1. The third kappa shape index (κ3) is 3.41. The smallest absolute Gasteiger partial charge is 0.136 e. The lowest BCUT2D eigenvalue weighted by atomic mass is 9.84. The van der Waals surface area contributed by atoms with Crippen LogP contribution in [0.2, 0.25) is 0 Å². The first-order chi connectivity index (χ1) is 22.7. The van der Waals surface area contributed by atoms with Gasteiger partial charge in [0, 0.05) is 10.8 Å². The minimum atomic E-state index is -0.460. The van der Waals surface area contributed by atoms with E-state index in [0.717, 1.165) is 43.8 Å². The van der Waals surface area contributed by atoms with Crippen LogP contribution in [0.3, 0.4) is 0 Å². The summed E-state index contributed by atoms with van der Waals surface area (Å²) in [4.78, 5) is 0. The molecule has 7 aromatic carbocycles. The minimum absolute atomic E-state index is 0.0605. The van der Waals surface area contributed by atoms with Crippen molar-refractivity contribution in [2.75, 3.05) is 0 Å². The van der Waals surface area contributed by atoms with Crippen LogP contribution in [0.4, 0.5) is 0 Å². The van der Waals surface area contributed by atoms with Gasteiger partial charge in [0.2, 0.25) is 0 Å². The second-order valence-corrected chi connectivity index (χ2v) is 9.48. The topological polar surface area (TPSA) is 13.1 Å². The molecule has 8 aromatic rings. The summed E-state index contributed by atoms with van der Waals surface area (Å²) in [5, 5.41) is 3.47. The molecular weight excluding hydrogens is 472 g/mol. The van der Waals surface area contributed by atoms with E-state index in [9.17, 15) is 1.37 Å². The van der Waals surface area contributed by atoms with Crippen LogP contribution in [0, 0.1) is 0 Å². The highest BCUT2D eigenvalue weighted by molar-refractivity contribution is 6.25. The van der Waals surface area contributed by atoms with Crippen molar-refractivity contribution in [2.24, 2.45) is 0 Å². The van der Waals surface area contributed by atoms with Crippen LogP contribution in [-0.4, -0.2) is 0 Å². The molecule has 182 valence electrons. The first-order valence-corrected chi connectivity index (χ1v) is 12.7. The predicted octanol–water partition coefficient (Wildman–Crippen LogP) is 10.9. The molecule has 39 heavy (non-hydrogen) atoms. The number of hydrogen-bond donors (Lipinski definition) is 0. The van der Waals surface area contributed by atoms with Crippen molar-refractivity contribution in [1.29, 1.82) is 0 Å². The summed E-state index contributed by atoms with van der Waals surface area (Å²) >= 11 is 0. The van der Waals surface area contributed by atoms with Crippen LogP contribution in [0.1, 0.15) is 11.0 Å². The second-order valence-electron chi connectivity index (χ2n) is 9.48. The quantitative estimate of drug-likeness (QED) is 0.218. The Kier molecular flexibility index (Phi) is 3.42. The first-order valence-electron chi connectivity index (χ1n) is 16.7. The van der Waals surface area contributed by atoms with E-state index in [1.165, 1.54) is 0 Å². The number of para-hydroxylation sites is 1. The summed E-state index contributed by atoms with van der Waals surface area (Å²) in [5.74, 6) is 0. The van der Waals surface area contributed by atoms with Crippen molar-refractivity contribution < 1.29 is 15.4 Å². The Hall–Kier alpha value is -5.14. The summed E-state index contributed by atoms with van der Waals surface area (Å²) in [6.45, 7) is 0. The Morgan fingerprint density at radius 3 is 1.79 bits per heavy atom. The van der Waals surface area contributed by atoms with Gasteiger partial charge in [-0.1, -0.05) is 127 Å². The fourth-order valence-corrected chi connectivity index (χ4v) is 5.67. The predicted molar refractivity (Wildman–Crippen MR) is 165 cm³/mol.